The van der Waals surface area contributed by atoms with E-state index in [9.17, 15) is 4.79 Å². The van der Waals surface area contributed by atoms with Gasteiger partial charge < -0.3 is 9.64 Å². The molecule has 1 atom stereocenters. The summed E-state index contributed by atoms with van der Waals surface area (Å²) in [6, 6.07) is 3.90. The topological polar surface area (TPSA) is 96.9 Å². The van der Waals surface area contributed by atoms with Crippen molar-refractivity contribution in [3.05, 3.63) is 60.2 Å². The van der Waals surface area contributed by atoms with Gasteiger partial charge in [0.05, 0.1) is 36.9 Å². The number of morpholine rings is 1. The highest BCUT2D eigenvalue weighted by molar-refractivity contribution is 5.92. The second-order valence-corrected chi connectivity index (χ2v) is 6.11. The molecule has 26 heavy (non-hydrogen) atoms. The van der Waals surface area contributed by atoms with E-state index in [1.807, 2.05) is 25.3 Å². The van der Waals surface area contributed by atoms with Gasteiger partial charge in [0.15, 0.2) is 0 Å². The number of hydrogen-bond acceptors (Lipinski definition) is 6. The molecule has 3 aromatic heterocycles. The Kier molecular flexibility index (Phi) is 4.40. The van der Waals surface area contributed by atoms with Crippen LogP contribution in [0.15, 0.2) is 43.1 Å². The van der Waals surface area contributed by atoms with E-state index in [1.54, 1.807) is 23.5 Å². The molecule has 0 saturated carbocycles. The smallest absolute Gasteiger partial charge is 0.274 e. The molecule has 1 saturated heterocycles. The molecule has 1 fully saturated rings. The van der Waals surface area contributed by atoms with E-state index >= 15 is 0 Å². The van der Waals surface area contributed by atoms with Crippen molar-refractivity contribution in [1.29, 1.82) is 0 Å². The molecular weight excluding hydrogens is 332 g/mol. The summed E-state index contributed by atoms with van der Waals surface area (Å²) >= 11 is 0. The molecule has 1 amide bonds. The number of rotatable bonds is 3. The number of H-pyrrole nitrogens is 1. The van der Waals surface area contributed by atoms with E-state index in [-0.39, 0.29) is 12.0 Å². The van der Waals surface area contributed by atoms with Crippen LogP contribution in [0.25, 0.3) is 11.1 Å². The summed E-state index contributed by atoms with van der Waals surface area (Å²) in [4.78, 5) is 27.2. The Hall–Kier alpha value is -3.13. The maximum absolute atomic E-state index is 12.6. The normalized spacial score (nSPS) is 17.3. The zero-order chi connectivity index (χ0) is 17.9. The lowest BCUT2D eigenvalue weighted by Gasteiger charge is -2.32. The fourth-order valence-electron chi connectivity index (χ4n) is 2.85. The number of ether oxygens (including phenoxy) is 1. The average molecular weight is 350 g/mol. The van der Waals surface area contributed by atoms with Crippen molar-refractivity contribution in [2.24, 2.45) is 0 Å². The van der Waals surface area contributed by atoms with E-state index in [0.717, 1.165) is 22.5 Å². The lowest BCUT2D eigenvalue weighted by molar-refractivity contribution is -0.0249. The van der Waals surface area contributed by atoms with Gasteiger partial charge in [-0.25, -0.2) is 4.98 Å². The molecule has 0 spiro atoms. The van der Waals surface area contributed by atoms with E-state index in [2.05, 4.69) is 25.1 Å². The van der Waals surface area contributed by atoms with Gasteiger partial charge in [-0.05, 0) is 13.0 Å². The predicted octanol–water partition coefficient (Wildman–Crippen LogP) is 1.78. The Bertz CT molecular complexity index is 877. The van der Waals surface area contributed by atoms with Crippen LogP contribution in [0.2, 0.25) is 0 Å². The number of aromatic nitrogens is 5. The molecule has 0 unspecified atom stereocenters. The number of aromatic amines is 1. The van der Waals surface area contributed by atoms with E-state index < -0.39 is 0 Å². The second-order valence-electron chi connectivity index (χ2n) is 6.11. The number of carbonyl (C=O) groups excluding carboxylic acids is 1. The molecule has 0 bridgehead atoms. The van der Waals surface area contributed by atoms with Gasteiger partial charge in [0, 0.05) is 36.3 Å². The average Bonchev–Trinajstić information content (AvgIpc) is 3.23. The van der Waals surface area contributed by atoms with Crippen molar-refractivity contribution in [2.75, 3.05) is 19.7 Å². The van der Waals surface area contributed by atoms with Crippen molar-refractivity contribution in [1.82, 2.24) is 30.0 Å². The minimum atomic E-state index is -0.260. The largest absolute Gasteiger partial charge is 0.368 e. The lowest BCUT2D eigenvalue weighted by atomic mass is 10.1. The molecule has 132 valence electrons. The van der Waals surface area contributed by atoms with E-state index in [0.29, 0.717) is 25.4 Å². The van der Waals surface area contributed by atoms with Crippen molar-refractivity contribution in [3.8, 4) is 11.1 Å². The summed E-state index contributed by atoms with van der Waals surface area (Å²) in [6.07, 6.45) is 8.20. The summed E-state index contributed by atoms with van der Waals surface area (Å²) in [5, 5.41) is 6.73. The van der Waals surface area contributed by atoms with Gasteiger partial charge in [-0.3, -0.25) is 19.9 Å². The SMILES string of the molecule is Cc1cnc(C(=O)N2CCO[C@@H](c3ccc(-c4cn[nH]c4)cn3)C2)cn1. The van der Waals surface area contributed by atoms with Crippen LogP contribution >= 0.6 is 0 Å². The Morgan fingerprint density at radius 3 is 2.77 bits per heavy atom. The Morgan fingerprint density at radius 2 is 2.08 bits per heavy atom. The number of carbonyl (C=O) groups is 1. The minimum absolute atomic E-state index is 0.138. The van der Waals surface area contributed by atoms with E-state index in [4.69, 9.17) is 4.74 Å². The number of nitrogens with zero attached hydrogens (tertiary/aromatic N) is 5. The van der Waals surface area contributed by atoms with Crippen molar-refractivity contribution < 1.29 is 9.53 Å². The summed E-state index contributed by atoms with van der Waals surface area (Å²) in [7, 11) is 0. The van der Waals surface area contributed by atoms with E-state index in [1.165, 1.54) is 6.20 Å². The number of aryl methyl sites for hydroxylation is 1. The third-order valence-corrected chi connectivity index (χ3v) is 4.30. The number of nitrogens with one attached hydrogen (secondary N) is 1. The monoisotopic (exact) mass is 350 g/mol. The molecule has 0 aliphatic carbocycles. The van der Waals surface area contributed by atoms with Crippen molar-refractivity contribution in [2.45, 2.75) is 13.0 Å². The van der Waals surface area contributed by atoms with Gasteiger partial charge >= 0.3 is 0 Å². The van der Waals surface area contributed by atoms with Crippen LogP contribution in [0.5, 0.6) is 0 Å². The quantitative estimate of drug-likeness (QED) is 0.773. The van der Waals surface area contributed by atoms with Crippen molar-refractivity contribution in [3.63, 3.8) is 0 Å². The van der Waals surface area contributed by atoms with Crippen LogP contribution in [0.3, 0.4) is 0 Å². The molecular formula is C18H18N6O2. The van der Waals surface area contributed by atoms with Gasteiger partial charge in [0.25, 0.3) is 5.91 Å². The zero-order valence-corrected chi connectivity index (χ0v) is 14.3. The first-order valence-electron chi connectivity index (χ1n) is 8.35. The molecule has 4 rings (SSSR count). The fraction of sp³-hybridized carbons (Fsp3) is 0.278. The minimum Gasteiger partial charge on any atom is -0.368 e. The summed E-state index contributed by atoms with van der Waals surface area (Å²) in [6.45, 7) is 3.26. The molecule has 8 nitrogen and oxygen atoms in total. The molecule has 3 aromatic rings. The lowest BCUT2D eigenvalue weighted by Crippen LogP contribution is -2.42. The summed E-state index contributed by atoms with van der Waals surface area (Å²) in [5.74, 6) is -0.138. The third-order valence-electron chi connectivity index (χ3n) is 4.30. The number of pyridine rings is 1. The Morgan fingerprint density at radius 1 is 1.15 bits per heavy atom. The molecule has 0 aromatic carbocycles. The highest BCUT2D eigenvalue weighted by Gasteiger charge is 2.27. The number of hydrogen-bond donors (Lipinski definition) is 1. The molecule has 1 N–H and O–H groups in total. The van der Waals surface area contributed by atoms with Crippen molar-refractivity contribution >= 4 is 5.91 Å². The summed E-state index contributed by atoms with van der Waals surface area (Å²) in [5.41, 5.74) is 3.87. The maximum Gasteiger partial charge on any atom is 0.274 e. The molecule has 8 heteroatoms. The zero-order valence-electron chi connectivity index (χ0n) is 14.3. The second kappa shape index (κ2) is 7.01. The van der Waals surface area contributed by atoms with Gasteiger partial charge in [-0.2, -0.15) is 5.10 Å². The van der Waals surface area contributed by atoms with Crippen LogP contribution in [0.1, 0.15) is 28.0 Å². The van der Waals surface area contributed by atoms with Crippen LogP contribution < -0.4 is 0 Å². The Balaban J connectivity index is 1.48. The van der Waals surface area contributed by atoms with Gasteiger partial charge in [-0.1, -0.05) is 6.07 Å². The summed E-state index contributed by atoms with van der Waals surface area (Å²) < 4.78 is 5.82. The van der Waals surface area contributed by atoms with Crippen LogP contribution in [-0.4, -0.2) is 55.7 Å². The molecule has 1 aliphatic heterocycles. The maximum atomic E-state index is 12.6. The molecule has 4 heterocycles. The molecule has 0 radical (unpaired) electrons. The van der Waals surface area contributed by atoms with Crippen LogP contribution in [0, 0.1) is 6.92 Å². The first-order chi connectivity index (χ1) is 12.7. The fourth-order valence-corrected chi connectivity index (χ4v) is 2.85. The molecule has 1 aliphatic rings. The highest BCUT2D eigenvalue weighted by Crippen LogP contribution is 2.24. The van der Waals surface area contributed by atoms with Gasteiger partial charge in [-0.15, -0.1) is 0 Å². The van der Waals surface area contributed by atoms with Gasteiger partial charge in [0.2, 0.25) is 0 Å². The van der Waals surface area contributed by atoms with Gasteiger partial charge in [0.1, 0.15) is 11.8 Å². The predicted molar refractivity (Wildman–Crippen MR) is 93.2 cm³/mol. The highest BCUT2D eigenvalue weighted by atomic mass is 16.5. The standard InChI is InChI=1S/C18H18N6O2/c1-12-6-20-16(10-19-12)18(25)24-4-5-26-17(11-24)15-3-2-13(7-21-15)14-8-22-23-9-14/h2-3,6-10,17H,4-5,11H2,1H3,(H,22,23)/t17-/m1/s1. The first-order valence-corrected chi connectivity index (χ1v) is 8.35. The first kappa shape index (κ1) is 16.3. The third kappa shape index (κ3) is 3.31. The van der Waals surface area contributed by atoms with Crippen LogP contribution in [0.4, 0.5) is 0 Å². The Labute approximate surface area is 150 Å². The van der Waals surface area contributed by atoms with Crippen LogP contribution in [-0.2, 0) is 4.74 Å². The number of amides is 1.